The standard InChI is InChI=1S/C19H25ClN2O4S/c1-19(23,13-21-11-10-15-4-3-5-16(20)12-15)14-26-18-8-6-17(7-9-18)22(2)27(24)25/h3-9,12,21,23H,10-11,13-14H2,1-2H3,(H,24,25)/p-1. The lowest BCUT2D eigenvalue weighted by Crippen LogP contribution is -2.43. The highest BCUT2D eigenvalue weighted by atomic mass is 35.5. The zero-order valence-corrected chi connectivity index (χ0v) is 16.9. The average Bonchev–Trinajstić information content (AvgIpc) is 2.63. The fraction of sp³-hybridized carbons (Fsp3) is 0.368. The Morgan fingerprint density at radius 3 is 2.63 bits per heavy atom. The minimum absolute atomic E-state index is 0.111. The normalized spacial score (nSPS) is 14.4. The second kappa shape index (κ2) is 10.1. The molecule has 27 heavy (non-hydrogen) atoms. The van der Waals surface area contributed by atoms with Crippen molar-refractivity contribution in [2.75, 3.05) is 31.0 Å². The zero-order chi connectivity index (χ0) is 19.9. The van der Waals surface area contributed by atoms with Crippen LogP contribution in [0, 0.1) is 0 Å². The molecule has 2 atom stereocenters. The summed E-state index contributed by atoms with van der Waals surface area (Å²) >= 11 is 3.64. The van der Waals surface area contributed by atoms with Crippen molar-refractivity contribution < 1.29 is 18.6 Å². The van der Waals surface area contributed by atoms with Crippen molar-refractivity contribution in [1.82, 2.24) is 5.32 Å². The van der Waals surface area contributed by atoms with E-state index in [1.165, 1.54) is 7.05 Å². The van der Waals surface area contributed by atoms with E-state index in [9.17, 15) is 13.9 Å². The zero-order valence-electron chi connectivity index (χ0n) is 15.4. The molecule has 0 amide bonds. The molecule has 0 fully saturated rings. The van der Waals surface area contributed by atoms with Gasteiger partial charge in [0.25, 0.3) is 0 Å². The quantitative estimate of drug-likeness (QED) is 0.463. The van der Waals surface area contributed by atoms with Crippen molar-refractivity contribution in [1.29, 1.82) is 0 Å². The number of benzene rings is 2. The lowest BCUT2D eigenvalue weighted by atomic mass is 10.1. The van der Waals surface area contributed by atoms with Crippen molar-refractivity contribution in [3.05, 3.63) is 59.1 Å². The highest BCUT2D eigenvalue weighted by Gasteiger charge is 2.21. The van der Waals surface area contributed by atoms with E-state index in [4.69, 9.17) is 16.3 Å². The van der Waals surface area contributed by atoms with Crippen LogP contribution < -0.4 is 14.4 Å². The van der Waals surface area contributed by atoms with Crippen LogP contribution in [0.5, 0.6) is 5.75 Å². The van der Waals surface area contributed by atoms with Crippen LogP contribution in [0.3, 0.4) is 0 Å². The van der Waals surface area contributed by atoms with Crippen LogP contribution in [-0.4, -0.2) is 46.2 Å². The molecule has 2 aromatic carbocycles. The van der Waals surface area contributed by atoms with Gasteiger partial charge >= 0.3 is 0 Å². The molecule has 2 unspecified atom stereocenters. The molecule has 0 aliphatic heterocycles. The molecule has 0 radical (unpaired) electrons. The number of aliphatic hydroxyl groups is 1. The van der Waals surface area contributed by atoms with Gasteiger partial charge in [-0.05, 0) is 61.9 Å². The van der Waals surface area contributed by atoms with E-state index >= 15 is 0 Å². The van der Waals surface area contributed by atoms with Gasteiger partial charge in [-0.25, -0.2) is 0 Å². The van der Waals surface area contributed by atoms with E-state index in [2.05, 4.69) is 5.32 Å². The Morgan fingerprint density at radius 2 is 2.00 bits per heavy atom. The Labute approximate surface area is 167 Å². The molecule has 2 aromatic rings. The molecule has 0 spiro atoms. The lowest BCUT2D eigenvalue weighted by molar-refractivity contribution is 0.0125. The minimum atomic E-state index is -2.32. The first-order valence-corrected chi connectivity index (χ1v) is 9.91. The van der Waals surface area contributed by atoms with E-state index in [0.29, 0.717) is 29.5 Å². The van der Waals surface area contributed by atoms with E-state index in [1.54, 1.807) is 31.2 Å². The highest BCUT2D eigenvalue weighted by Crippen LogP contribution is 2.20. The van der Waals surface area contributed by atoms with Gasteiger partial charge in [-0.15, -0.1) is 0 Å². The molecule has 2 N–H and O–H groups in total. The van der Waals surface area contributed by atoms with Crippen LogP contribution >= 0.6 is 11.6 Å². The number of hydrogen-bond acceptors (Lipinski definition) is 5. The van der Waals surface area contributed by atoms with Crippen LogP contribution in [0.2, 0.25) is 5.02 Å². The molecule has 0 aromatic heterocycles. The van der Waals surface area contributed by atoms with Crippen molar-refractivity contribution in [3.8, 4) is 5.75 Å². The maximum Gasteiger partial charge on any atom is 0.119 e. The topological polar surface area (TPSA) is 84.9 Å². The Balaban J connectivity index is 1.74. The van der Waals surface area contributed by atoms with Gasteiger partial charge in [0.1, 0.15) is 18.0 Å². The second-order valence-corrected chi connectivity index (χ2v) is 7.97. The average molecular weight is 412 g/mol. The monoisotopic (exact) mass is 411 g/mol. The summed E-state index contributed by atoms with van der Waals surface area (Å²) in [6, 6.07) is 14.3. The molecule has 6 nitrogen and oxygen atoms in total. The predicted octanol–water partition coefficient (Wildman–Crippen LogP) is 2.53. The van der Waals surface area contributed by atoms with Gasteiger partial charge in [0.05, 0.1) is 0 Å². The minimum Gasteiger partial charge on any atom is -0.755 e. The van der Waals surface area contributed by atoms with Crippen LogP contribution in [0.25, 0.3) is 0 Å². The number of ether oxygens (including phenoxy) is 1. The molecule has 0 saturated carbocycles. The first kappa shape index (κ1) is 21.7. The SMILES string of the molecule is CN(c1ccc(OCC(C)(O)CNCCc2cccc(Cl)c2)cc1)S(=O)[O-]. The van der Waals surface area contributed by atoms with Crippen molar-refractivity contribution in [3.63, 3.8) is 0 Å². The summed E-state index contributed by atoms with van der Waals surface area (Å²) in [5, 5.41) is 14.4. The molecule has 0 saturated heterocycles. The van der Waals surface area contributed by atoms with Crippen molar-refractivity contribution in [2.24, 2.45) is 0 Å². The maximum absolute atomic E-state index is 10.9. The summed E-state index contributed by atoms with van der Waals surface area (Å²) in [4.78, 5) is 0. The van der Waals surface area contributed by atoms with Gasteiger partial charge < -0.3 is 24.0 Å². The lowest BCUT2D eigenvalue weighted by Gasteiger charge is -2.24. The van der Waals surface area contributed by atoms with Crippen LogP contribution in [-0.2, 0) is 17.7 Å². The summed E-state index contributed by atoms with van der Waals surface area (Å²) < 4.78 is 28.6. The van der Waals surface area contributed by atoms with Gasteiger partial charge in [-0.1, -0.05) is 23.7 Å². The molecule has 2 rings (SSSR count). The third-order valence-electron chi connectivity index (χ3n) is 3.96. The number of anilines is 1. The van der Waals surface area contributed by atoms with Crippen LogP contribution in [0.4, 0.5) is 5.69 Å². The van der Waals surface area contributed by atoms with E-state index in [1.807, 2.05) is 24.3 Å². The third-order valence-corrected chi connectivity index (χ3v) is 4.85. The molecular weight excluding hydrogens is 388 g/mol. The number of rotatable bonds is 10. The Morgan fingerprint density at radius 1 is 1.30 bits per heavy atom. The van der Waals surface area contributed by atoms with E-state index in [0.717, 1.165) is 16.3 Å². The fourth-order valence-corrected chi connectivity index (χ4v) is 2.92. The Hall–Kier alpha value is -1.64. The summed E-state index contributed by atoms with van der Waals surface area (Å²) in [6.45, 7) is 2.90. The smallest absolute Gasteiger partial charge is 0.119 e. The molecule has 148 valence electrons. The molecule has 0 heterocycles. The number of hydrogen-bond donors (Lipinski definition) is 2. The Kier molecular flexibility index (Phi) is 8.07. The Bertz CT molecular complexity index is 756. The van der Waals surface area contributed by atoms with E-state index < -0.39 is 16.9 Å². The predicted molar refractivity (Wildman–Crippen MR) is 108 cm³/mol. The maximum atomic E-state index is 10.9. The molecule has 0 aliphatic carbocycles. The van der Waals surface area contributed by atoms with Crippen molar-refractivity contribution >= 4 is 28.6 Å². The highest BCUT2D eigenvalue weighted by molar-refractivity contribution is 7.80. The van der Waals surface area contributed by atoms with Gasteiger partial charge in [0.2, 0.25) is 0 Å². The molecule has 0 bridgehead atoms. The van der Waals surface area contributed by atoms with Gasteiger partial charge in [-0.3, -0.25) is 4.21 Å². The number of nitrogens with zero attached hydrogens (tertiary/aromatic N) is 1. The largest absolute Gasteiger partial charge is 0.755 e. The number of halogens is 1. The van der Waals surface area contributed by atoms with Gasteiger partial charge in [0, 0.05) is 35.6 Å². The summed E-state index contributed by atoms with van der Waals surface area (Å²) in [5.74, 6) is 0.558. The summed E-state index contributed by atoms with van der Waals surface area (Å²) in [6.07, 6.45) is 0.813. The summed E-state index contributed by atoms with van der Waals surface area (Å²) in [7, 11) is 1.46. The third kappa shape index (κ3) is 7.48. The van der Waals surface area contributed by atoms with Crippen molar-refractivity contribution in [2.45, 2.75) is 18.9 Å². The van der Waals surface area contributed by atoms with Crippen LogP contribution in [0.1, 0.15) is 12.5 Å². The van der Waals surface area contributed by atoms with Crippen LogP contribution in [0.15, 0.2) is 48.5 Å². The fourth-order valence-electron chi connectivity index (χ4n) is 2.41. The summed E-state index contributed by atoms with van der Waals surface area (Å²) in [5.41, 5.74) is 0.625. The van der Waals surface area contributed by atoms with E-state index in [-0.39, 0.29) is 6.61 Å². The first-order valence-electron chi connectivity index (χ1n) is 8.50. The van der Waals surface area contributed by atoms with Gasteiger partial charge in [-0.2, -0.15) is 0 Å². The molecular formula is C19H24ClN2O4S-. The number of nitrogens with one attached hydrogen (secondary N) is 1. The molecule has 0 aliphatic rings. The second-order valence-electron chi connectivity index (χ2n) is 6.55. The first-order chi connectivity index (χ1) is 12.8. The molecule has 8 heteroatoms. The van der Waals surface area contributed by atoms with Gasteiger partial charge in [0.15, 0.2) is 0 Å².